The fourth-order valence-corrected chi connectivity index (χ4v) is 2.24. The second-order valence-corrected chi connectivity index (χ2v) is 4.50. The van der Waals surface area contributed by atoms with E-state index in [4.69, 9.17) is 5.73 Å². The van der Waals surface area contributed by atoms with E-state index in [1.807, 2.05) is 18.0 Å². The molecule has 0 aromatic heterocycles. The Hall–Kier alpha value is -1.62. The first-order valence-electron chi connectivity index (χ1n) is 5.81. The van der Waals surface area contributed by atoms with Crippen molar-refractivity contribution in [3.63, 3.8) is 0 Å². The Kier molecular flexibility index (Phi) is 3.28. The third-order valence-corrected chi connectivity index (χ3v) is 3.36. The van der Waals surface area contributed by atoms with E-state index >= 15 is 0 Å². The van der Waals surface area contributed by atoms with E-state index in [1.165, 1.54) is 18.9 Å². The van der Waals surface area contributed by atoms with Gasteiger partial charge in [0, 0.05) is 25.7 Å². The molecule has 92 valence electrons. The van der Waals surface area contributed by atoms with Gasteiger partial charge in [-0.2, -0.15) is 0 Å². The third kappa shape index (κ3) is 2.39. The van der Waals surface area contributed by atoms with Gasteiger partial charge in [0.25, 0.3) is 5.69 Å². The Labute approximate surface area is 100 Å². The maximum Gasteiger partial charge on any atom is 0.292 e. The van der Waals surface area contributed by atoms with Crippen molar-refractivity contribution in [3.8, 4) is 0 Å². The van der Waals surface area contributed by atoms with Crippen molar-refractivity contribution < 1.29 is 4.92 Å². The minimum absolute atomic E-state index is 0.147. The molecule has 17 heavy (non-hydrogen) atoms. The number of hydrogen-bond acceptors (Lipinski definition) is 4. The summed E-state index contributed by atoms with van der Waals surface area (Å²) >= 11 is 0. The number of anilines is 1. The van der Waals surface area contributed by atoms with Gasteiger partial charge in [-0.25, -0.2) is 0 Å². The molecule has 0 amide bonds. The van der Waals surface area contributed by atoms with Crippen LogP contribution in [-0.2, 0) is 0 Å². The molecule has 1 aromatic carbocycles. The van der Waals surface area contributed by atoms with Gasteiger partial charge in [0.15, 0.2) is 0 Å². The van der Waals surface area contributed by atoms with Crippen LogP contribution in [0, 0.1) is 16.0 Å². The number of nitrogens with two attached hydrogens (primary N) is 1. The number of nitrogens with zero attached hydrogens (tertiary/aromatic N) is 2. The van der Waals surface area contributed by atoms with Crippen molar-refractivity contribution >= 4 is 11.4 Å². The lowest BCUT2D eigenvalue weighted by Crippen LogP contribution is -2.39. The fraction of sp³-hybridized carbons (Fsp3) is 0.500. The molecule has 0 aliphatic heterocycles. The molecule has 0 spiro atoms. The summed E-state index contributed by atoms with van der Waals surface area (Å²) in [5.74, 6) is 0.588. The normalized spacial score (nSPS) is 16.6. The summed E-state index contributed by atoms with van der Waals surface area (Å²) in [5, 5.41) is 11.0. The van der Waals surface area contributed by atoms with Gasteiger partial charge < -0.3 is 10.6 Å². The summed E-state index contributed by atoms with van der Waals surface area (Å²) in [6, 6.07) is 7.02. The summed E-state index contributed by atoms with van der Waals surface area (Å²) in [5.41, 5.74) is 6.57. The first-order chi connectivity index (χ1) is 8.15. The highest BCUT2D eigenvalue weighted by molar-refractivity contribution is 5.63. The minimum atomic E-state index is -0.341. The lowest BCUT2D eigenvalue weighted by molar-refractivity contribution is -0.384. The Morgan fingerprint density at radius 3 is 2.71 bits per heavy atom. The maximum absolute atomic E-state index is 11.0. The van der Waals surface area contributed by atoms with Crippen LogP contribution in [0.3, 0.4) is 0 Å². The molecule has 1 fully saturated rings. The molecule has 0 heterocycles. The minimum Gasteiger partial charge on any atom is -0.365 e. The van der Waals surface area contributed by atoms with Crippen LogP contribution >= 0.6 is 0 Å². The second kappa shape index (κ2) is 4.71. The third-order valence-electron chi connectivity index (χ3n) is 3.36. The Balaban J connectivity index is 2.28. The molecule has 1 aromatic rings. The number of benzene rings is 1. The van der Waals surface area contributed by atoms with Crippen LogP contribution in [0.15, 0.2) is 24.3 Å². The van der Waals surface area contributed by atoms with Crippen LogP contribution < -0.4 is 10.6 Å². The number of hydrogen-bond donors (Lipinski definition) is 1. The standard InChI is InChI=1S/C12H17N3O2/c1-14(12(8-13)9-6-7-9)10-4-2-3-5-11(10)15(16)17/h2-5,9,12H,6-8,13H2,1H3. The lowest BCUT2D eigenvalue weighted by atomic mass is 10.1. The van der Waals surface area contributed by atoms with Gasteiger partial charge in [0.05, 0.1) is 4.92 Å². The molecule has 1 atom stereocenters. The van der Waals surface area contributed by atoms with E-state index in [0.717, 1.165) is 0 Å². The van der Waals surface area contributed by atoms with Crippen molar-refractivity contribution in [3.05, 3.63) is 34.4 Å². The number of rotatable bonds is 5. The summed E-state index contributed by atoms with van der Waals surface area (Å²) in [6.45, 7) is 0.535. The Morgan fingerprint density at radius 1 is 1.53 bits per heavy atom. The fourth-order valence-electron chi connectivity index (χ4n) is 2.24. The van der Waals surface area contributed by atoms with E-state index in [9.17, 15) is 10.1 Å². The highest BCUT2D eigenvalue weighted by Crippen LogP contribution is 2.38. The largest absolute Gasteiger partial charge is 0.365 e. The highest BCUT2D eigenvalue weighted by atomic mass is 16.6. The van der Waals surface area contributed by atoms with Gasteiger partial charge in [0.1, 0.15) is 5.69 Å². The summed E-state index contributed by atoms with van der Waals surface area (Å²) in [6.07, 6.45) is 2.35. The number of para-hydroxylation sites is 2. The van der Waals surface area contributed by atoms with Gasteiger partial charge in [0.2, 0.25) is 0 Å². The van der Waals surface area contributed by atoms with Gasteiger partial charge in [-0.3, -0.25) is 10.1 Å². The van der Waals surface area contributed by atoms with E-state index in [1.54, 1.807) is 12.1 Å². The Bertz CT molecular complexity index is 418. The van der Waals surface area contributed by atoms with Crippen molar-refractivity contribution in [2.24, 2.45) is 11.7 Å². The summed E-state index contributed by atoms with van der Waals surface area (Å²) in [7, 11) is 1.89. The second-order valence-electron chi connectivity index (χ2n) is 4.50. The molecule has 1 saturated carbocycles. The zero-order valence-corrected chi connectivity index (χ0v) is 9.87. The van der Waals surface area contributed by atoms with E-state index < -0.39 is 0 Å². The molecule has 0 radical (unpaired) electrons. The average molecular weight is 235 g/mol. The van der Waals surface area contributed by atoms with E-state index in [-0.39, 0.29) is 16.7 Å². The SMILES string of the molecule is CN(c1ccccc1[N+](=O)[O-])C(CN)C1CC1. The zero-order valence-electron chi connectivity index (χ0n) is 9.87. The summed E-state index contributed by atoms with van der Waals surface area (Å²) in [4.78, 5) is 12.6. The molecule has 1 aliphatic rings. The number of nitro benzene ring substituents is 1. The van der Waals surface area contributed by atoms with Crippen LogP contribution in [-0.4, -0.2) is 24.6 Å². The van der Waals surface area contributed by atoms with Crippen LogP contribution in [0.4, 0.5) is 11.4 Å². The molecule has 2 N–H and O–H groups in total. The van der Waals surface area contributed by atoms with Gasteiger partial charge in [-0.15, -0.1) is 0 Å². The van der Waals surface area contributed by atoms with Gasteiger partial charge >= 0.3 is 0 Å². The van der Waals surface area contributed by atoms with Crippen LogP contribution in [0.2, 0.25) is 0 Å². The molecule has 1 unspecified atom stereocenters. The predicted octanol–water partition coefficient (Wildman–Crippen LogP) is 1.77. The maximum atomic E-state index is 11.0. The van der Waals surface area contributed by atoms with Crippen molar-refractivity contribution in [2.45, 2.75) is 18.9 Å². The molecule has 2 rings (SSSR count). The first-order valence-corrected chi connectivity index (χ1v) is 5.81. The molecular formula is C12H17N3O2. The van der Waals surface area contributed by atoms with Crippen molar-refractivity contribution in [2.75, 3.05) is 18.5 Å². The molecule has 5 nitrogen and oxygen atoms in total. The van der Waals surface area contributed by atoms with Gasteiger partial charge in [-0.1, -0.05) is 12.1 Å². The first kappa shape index (κ1) is 11.9. The predicted molar refractivity (Wildman–Crippen MR) is 67.1 cm³/mol. The lowest BCUT2D eigenvalue weighted by Gasteiger charge is -2.28. The summed E-state index contributed by atoms with van der Waals surface area (Å²) < 4.78 is 0. The van der Waals surface area contributed by atoms with Crippen LogP contribution in [0.1, 0.15) is 12.8 Å². The Morgan fingerprint density at radius 2 is 2.18 bits per heavy atom. The van der Waals surface area contributed by atoms with Crippen molar-refractivity contribution in [1.82, 2.24) is 0 Å². The van der Waals surface area contributed by atoms with Crippen LogP contribution in [0.25, 0.3) is 0 Å². The van der Waals surface area contributed by atoms with E-state index in [2.05, 4.69) is 0 Å². The zero-order chi connectivity index (χ0) is 12.4. The molecule has 0 bridgehead atoms. The number of likely N-dealkylation sites (N-methyl/N-ethyl adjacent to an activating group) is 1. The smallest absolute Gasteiger partial charge is 0.292 e. The van der Waals surface area contributed by atoms with Gasteiger partial charge in [-0.05, 0) is 24.8 Å². The quantitative estimate of drug-likeness (QED) is 0.623. The highest BCUT2D eigenvalue weighted by Gasteiger charge is 2.34. The van der Waals surface area contributed by atoms with Crippen LogP contribution in [0.5, 0.6) is 0 Å². The average Bonchev–Trinajstić information content (AvgIpc) is 3.14. The van der Waals surface area contributed by atoms with E-state index in [0.29, 0.717) is 18.2 Å². The molecule has 0 saturated heterocycles. The topological polar surface area (TPSA) is 72.4 Å². The molecular weight excluding hydrogens is 218 g/mol. The molecule has 5 heteroatoms. The monoisotopic (exact) mass is 235 g/mol. The number of nitro groups is 1. The molecule has 1 aliphatic carbocycles. The van der Waals surface area contributed by atoms with Crippen molar-refractivity contribution in [1.29, 1.82) is 0 Å².